The quantitative estimate of drug-likeness (QED) is 0.554. The molecule has 1 amide bonds. The summed E-state index contributed by atoms with van der Waals surface area (Å²) in [5, 5.41) is 2.77. The number of hydrogen-bond acceptors (Lipinski definition) is 3. The lowest BCUT2D eigenvalue weighted by Gasteiger charge is -2.15. The van der Waals surface area contributed by atoms with Crippen LogP contribution in [0.5, 0.6) is 0 Å². The second kappa shape index (κ2) is 8.85. The highest BCUT2D eigenvalue weighted by Crippen LogP contribution is 2.26. The summed E-state index contributed by atoms with van der Waals surface area (Å²) in [5.74, 6) is -0.846. The van der Waals surface area contributed by atoms with E-state index in [1.807, 2.05) is 13.0 Å². The molecule has 0 saturated carbocycles. The number of sulfonamides is 1. The fourth-order valence-electron chi connectivity index (χ4n) is 2.88. The number of carbonyl (C=O) groups is 1. The maximum Gasteiger partial charge on any atom is 0.263 e. The summed E-state index contributed by atoms with van der Waals surface area (Å²) in [6.07, 6.45) is 0. The van der Waals surface area contributed by atoms with Gasteiger partial charge >= 0.3 is 0 Å². The first-order valence-electron chi connectivity index (χ1n) is 9.11. The molecule has 0 bridgehead atoms. The summed E-state index contributed by atoms with van der Waals surface area (Å²) in [4.78, 5) is 12.4. The number of amides is 1. The van der Waals surface area contributed by atoms with Gasteiger partial charge in [0, 0.05) is 11.3 Å². The molecule has 0 fully saturated rings. The molecule has 5 nitrogen and oxygen atoms in total. The van der Waals surface area contributed by atoms with E-state index in [-0.39, 0.29) is 21.3 Å². The minimum Gasteiger partial charge on any atom is -0.346 e. The van der Waals surface area contributed by atoms with Crippen LogP contribution in [0.15, 0.2) is 71.6 Å². The van der Waals surface area contributed by atoms with Crippen LogP contribution in [0.25, 0.3) is 0 Å². The zero-order valence-electron chi connectivity index (χ0n) is 16.3. The Morgan fingerprint density at radius 2 is 1.73 bits per heavy atom. The van der Waals surface area contributed by atoms with Crippen molar-refractivity contribution in [3.8, 4) is 0 Å². The molecule has 3 aromatic carbocycles. The predicted octanol–water partition coefficient (Wildman–Crippen LogP) is 5.08. The van der Waals surface area contributed by atoms with Gasteiger partial charge in [-0.15, -0.1) is 0 Å². The molecule has 3 aromatic rings. The van der Waals surface area contributed by atoms with Crippen molar-refractivity contribution in [1.82, 2.24) is 5.32 Å². The first kappa shape index (κ1) is 21.8. The normalized spacial score (nSPS) is 12.3. The van der Waals surface area contributed by atoms with Gasteiger partial charge in [-0.3, -0.25) is 9.52 Å². The summed E-state index contributed by atoms with van der Waals surface area (Å²) >= 11 is 6.11. The third-order valence-corrected chi connectivity index (χ3v) is 6.33. The summed E-state index contributed by atoms with van der Waals surface area (Å²) < 4.78 is 41.2. The van der Waals surface area contributed by atoms with Crippen LogP contribution in [0.1, 0.15) is 34.5 Å². The van der Waals surface area contributed by atoms with Gasteiger partial charge in [-0.25, -0.2) is 12.8 Å². The van der Waals surface area contributed by atoms with Crippen molar-refractivity contribution in [2.75, 3.05) is 4.72 Å². The number of benzene rings is 3. The summed E-state index contributed by atoms with van der Waals surface area (Å²) in [7, 11) is -4.01. The number of nitrogens with one attached hydrogen (secondary N) is 2. The SMILES string of the molecule is Cc1cccc(NS(=O)(=O)c2cc(C(=O)NC(C)c3ccc(F)cc3)ccc2Cl)c1. The van der Waals surface area contributed by atoms with Crippen molar-refractivity contribution in [2.45, 2.75) is 24.8 Å². The minimum absolute atomic E-state index is 0.00159. The zero-order chi connectivity index (χ0) is 21.9. The molecular formula is C22H20ClFN2O3S. The molecule has 0 aromatic heterocycles. The Morgan fingerprint density at radius 1 is 1.03 bits per heavy atom. The molecule has 0 aliphatic rings. The van der Waals surface area contributed by atoms with E-state index >= 15 is 0 Å². The van der Waals surface area contributed by atoms with E-state index in [0.29, 0.717) is 11.3 Å². The minimum atomic E-state index is -4.01. The highest BCUT2D eigenvalue weighted by molar-refractivity contribution is 7.92. The summed E-state index contributed by atoms with van der Waals surface area (Å²) in [6, 6.07) is 16.3. The molecule has 1 unspecified atom stereocenters. The lowest BCUT2D eigenvalue weighted by atomic mass is 10.1. The van der Waals surface area contributed by atoms with Crippen LogP contribution >= 0.6 is 11.6 Å². The van der Waals surface area contributed by atoms with Crippen molar-refractivity contribution in [2.24, 2.45) is 0 Å². The molecule has 30 heavy (non-hydrogen) atoms. The molecule has 0 saturated heterocycles. The van der Waals surface area contributed by atoms with Crippen molar-refractivity contribution in [3.05, 3.63) is 94.3 Å². The molecule has 8 heteroatoms. The van der Waals surface area contributed by atoms with Gasteiger partial charge in [0.2, 0.25) is 0 Å². The van der Waals surface area contributed by atoms with Gasteiger partial charge in [-0.2, -0.15) is 0 Å². The number of anilines is 1. The van der Waals surface area contributed by atoms with Crippen LogP contribution < -0.4 is 10.0 Å². The maximum absolute atomic E-state index is 13.1. The number of rotatable bonds is 6. The van der Waals surface area contributed by atoms with Crippen LogP contribution in [0.4, 0.5) is 10.1 Å². The third kappa shape index (κ3) is 5.17. The Hall–Kier alpha value is -2.90. The van der Waals surface area contributed by atoms with E-state index < -0.39 is 22.0 Å². The number of aryl methyl sites for hydroxylation is 1. The van der Waals surface area contributed by atoms with Crippen molar-refractivity contribution >= 4 is 33.2 Å². The van der Waals surface area contributed by atoms with Crippen LogP contribution in [0.2, 0.25) is 5.02 Å². The van der Waals surface area contributed by atoms with Gasteiger partial charge in [0.25, 0.3) is 15.9 Å². The molecule has 1 atom stereocenters. The van der Waals surface area contributed by atoms with Gasteiger partial charge in [-0.05, 0) is 67.4 Å². The van der Waals surface area contributed by atoms with Crippen LogP contribution in [-0.2, 0) is 10.0 Å². The van der Waals surface area contributed by atoms with Gasteiger partial charge < -0.3 is 5.32 Å². The standard InChI is InChI=1S/C22H20ClFN2O3S/c1-14-4-3-5-19(12-14)26-30(28,29)21-13-17(8-11-20(21)23)22(27)25-15(2)16-6-9-18(24)10-7-16/h3-13,15,26H,1-2H3,(H,25,27). The maximum atomic E-state index is 13.1. The van der Waals surface area contributed by atoms with Gasteiger partial charge in [-0.1, -0.05) is 35.9 Å². The summed E-state index contributed by atoms with van der Waals surface area (Å²) in [5.41, 5.74) is 2.14. The van der Waals surface area contributed by atoms with Crippen molar-refractivity contribution in [1.29, 1.82) is 0 Å². The molecule has 0 aliphatic carbocycles. The molecule has 3 rings (SSSR count). The Kier molecular flexibility index (Phi) is 6.43. The van der Waals surface area contributed by atoms with Crippen molar-refractivity contribution < 1.29 is 17.6 Å². The monoisotopic (exact) mass is 446 g/mol. The average molecular weight is 447 g/mol. The third-order valence-electron chi connectivity index (χ3n) is 4.47. The fourth-order valence-corrected chi connectivity index (χ4v) is 4.46. The predicted molar refractivity (Wildman–Crippen MR) is 116 cm³/mol. The number of halogens is 2. The molecular weight excluding hydrogens is 427 g/mol. The van der Waals surface area contributed by atoms with Crippen molar-refractivity contribution in [3.63, 3.8) is 0 Å². The Bertz CT molecular complexity index is 1180. The Morgan fingerprint density at radius 3 is 2.40 bits per heavy atom. The highest BCUT2D eigenvalue weighted by atomic mass is 35.5. The van der Waals surface area contributed by atoms with Gasteiger partial charge in [0.1, 0.15) is 10.7 Å². The smallest absolute Gasteiger partial charge is 0.263 e. The van der Waals surface area contributed by atoms with E-state index in [4.69, 9.17) is 11.6 Å². The molecule has 2 N–H and O–H groups in total. The average Bonchev–Trinajstić information content (AvgIpc) is 2.68. The van der Waals surface area contributed by atoms with Crippen LogP contribution in [-0.4, -0.2) is 14.3 Å². The lowest BCUT2D eigenvalue weighted by Crippen LogP contribution is -2.27. The topological polar surface area (TPSA) is 75.3 Å². The molecule has 0 spiro atoms. The molecule has 0 heterocycles. The van der Waals surface area contributed by atoms with Gasteiger partial charge in [0.05, 0.1) is 11.1 Å². The second-order valence-corrected chi connectivity index (χ2v) is 8.92. The van der Waals surface area contributed by atoms with E-state index in [9.17, 15) is 17.6 Å². The second-order valence-electron chi connectivity index (χ2n) is 6.87. The largest absolute Gasteiger partial charge is 0.346 e. The summed E-state index contributed by atoms with van der Waals surface area (Å²) in [6.45, 7) is 3.59. The lowest BCUT2D eigenvalue weighted by molar-refractivity contribution is 0.0939. The Balaban J connectivity index is 1.83. The van der Waals surface area contributed by atoms with E-state index in [0.717, 1.165) is 5.56 Å². The number of hydrogen-bond donors (Lipinski definition) is 2. The molecule has 0 aliphatic heterocycles. The highest BCUT2D eigenvalue weighted by Gasteiger charge is 2.21. The molecule has 0 radical (unpaired) electrons. The first-order chi connectivity index (χ1) is 14.2. The van der Waals surface area contributed by atoms with Crippen LogP contribution in [0, 0.1) is 12.7 Å². The van der Waals surface area contributed by atoms with E-state index in [1.165, 1.54) is 30.3 Å². The van der Waals surface area contributed by atoms with Crippen LogP contribution in [0.3, 0.4) is 0 Å². The van der Waals surface area contributed by atoms with Gasteiger partial charge in [0.15, 0.2) is 0 Å². The zero-order valence-corrected chi connectivity index (χ0v) is 17.9. The fraction of sp³-hybridized carbons (Fsp3) is 0.136. The van der Waals surface area contributed by atoms with E-state index in [2.05, 4.69) is 10.0 Å². The number of carbonyl (C=O) groups excluding carboxylic acids is 1. The first-order valence-corrected chi connectivity index (χ1v) is 11.0. The van der Waals surface area contributed by atoms with E-state index in [1.54, 1.807) is 37.3 Å². The molecule has 156 valence electrons. The Labute approximate surface area is 179 Å².